The van der Waals surface area contributed by atoms with Crippen LogP contribution < -0.4 is 10.0 Å². The van der Waals surface area contributed by atoms with E-state index in [1.54, 1.807) is 60.7 Å². The molecular weight excluding hydrogens is 464 g/mol. The molecule has 3 aromatic rings. The van der Waals surface area contributed by atoms with Gasteiger partial charge in [0.25, 0.3) is 0 Å². The number of esters is 1. The lowest BCUT2D eigenvalue weighted by Gasteiger charge is -2.06. The number of hydrogen-bond acceptors (Lipinski definition) is 5. The number of amides is 1. The molecule has 3 aromatic carbocycles. The normalized spacial score (nSPS) is 10.9. The van der Waals surface area contributed by atoms with Gasteiger partial charge in [-0.05, 0) is 48.0 Å². The smallest absolute Gasteiger partial charge is 0.337 e. The second-order valence-corrected chi connectivity index (χ2v) is 9.01. The summed E-state index contributed by atoms with van der Waals surface area (Å²) in [4.78, 5) is 23.9. The number of carbonyl (C=O) groups is 2. The van der Waals surface area contributed by atoms with Crippen LogP contribution in [0.2, 0.25) is 0 Å². The third kappa shape index (κ3) is 8.59. The maximum Gasteiger partial charge on any atom is 0.337 e. The van der Waals surface area contributed by atoms with Crippen LogP contribution in [0.4, 0.5) is 5.69 Å². The molecule has 0 aliphatic heterocycles. The minimum atomic E-state index is -3.66. The van der Waals surface area contributed by atoms with Gasteiger partial charge in [-0.3, -0.25) is 4.79 Å². The summed E-state index contributed by atoms with van der Waals surface area (Å²) in [7, 11) is -2.34. The van der Waals surface area contributed by atoms with Gasteiger partial charge in [-0.2, -0.15) is 0 Å². The van der Waals surface area contributed by atoms with Gasteiger partial charge in [0.2, 0.25) is 15.9 Å². The van der Waals surface area contributed by atoms with Gasteiger partial charge in [0.15, 0.2) is 0 Å². The number of sulfonamides is 1. The Morgan fingerprint density at radius 3 is 2.31 bits per heavy atom. The van der Waals surface area contributed by atoms with Gasteiger partial charge in [-0.15, -0.1) is 0 Å². The topological polar surface area (TPSA) is 102 Å². The molecule has 0 atom stereocenters. The lowest BCUT2D eigenvalue weighted by Crippen LogP contribution is -2.26. The number of methoxy groups -OCH3 is 1. The van der Waals surface area contributed by atoms with Crippen LogP contribution in [0.1, 0.15) is 33.5 Å². The average molecular weight is 489 g/mol. The number of benzene rings is 3. The molecule has 178 valence electrons. The second kappa shape index (κ2) is 12.3. The van der Waals surface area contributed by atoms with E-state index in [1.807, 2.05) is 18.2 Å². The summed E-state index contributed by atoms with van der Waals surface area (Å²) in [6, 6.07) is 22.8. The molecule has 0 fully saturated rings. The van der Waals surface area contributed by atoms with E-state index < -0.39 is 16.0 Å². The summed E-state index contributed by atoms with van der Waals surface area (Å²) >= 11 is 0. The first kappa shape index (κ1) is 25.4. The molecular formula is C27H24N2O5S. The fraction of sp³-hybridized carbons (Fsp3) is 0.111. The zero-order chi connectivity index (χ0) is 25.1. The molecule has 35 heavy (non-hydrogen) atoms. The summed E-state index contributed by atoms with van der Waals surface area (Å²) in [5, 5.41) is 3.81. The summed E-state index contributed by atoms with van der Waals surface area (Å²) < 4.78 is 31.3. The van der Waals surface area contributed by atoms with Crippen LogP contribution in [0.3, 0.4) is 0 Å². The summed E-state index contributed by atoms with van der Waals surface area (Å²) in [5.74, 6) is 5.20. The Morgan fingerprint density at radius 2 is 1.60 bits per heavy atom. The number of anilines is 1. The van der Waals surface area contributed by atoms with Crippen molar-refractivity contribution in [2.45, 2.75) is 6.42 Å². The van der Waals surface area contributed by atoms with Crippen molar-refractivity contribution in [3.63, 3.8) is 0 Å². The van der Waals surface area contributed by atoms with Crippen molar-refractivity contribution in [1.29, 1.82) is 0 Å². The maximum absolute atomic E-state index is 12.3. The van der Waals surface area contributed by atoms with Crippen molar-refractivity contribution >= 4 is 33.7 Å². The van der Waals surface area contributed by atoms with Gasteiger partial charge in [0, 0.05) is 35.2 Å². The molecule has 0 aliphatic rings. The molecule has 0 aliphatic carbocycles. The lowest BCUT2D eigenvalue weighted by atomic mass is 10.1. The van der Waals surface area contributed by atoms with Crippen molar-refractivity contribution < 1.29 is 22.7 Å². The van der Waals surface area contributed by atoms with Gasteiger partial charge in [-0.1, -0.05) is 54.3 Å². The number of carbonyl (C=O) groups excluding carboxylic acids is 2. The Morgan fingerprint density at radius 1 is 0.914 bits per heavy atom. The zero-order valence-corrected chi connectivity index (χ0v) is 19.8. The SMILES string of the molecule is COC(=O)c1cccc(C#Cc2cccc(NC(=O)CCNS(=O)(=O)/C=C/c3ccccc3)c2)c1. The fourth-order valence-electron chi connectivity index (χ4n) is 2.97. The molecule has 0 radical (unpaired) electrons. The van der Waals surface area contributed by atoms with Crippen LogP contribution in [0.15, 0.2) is 84.3 Å². The highest BCUT2D eigenvalue weighted by molar-refractivity contribution is 7.92. The van der Waals surface area contributed by atoms with Gasteiger partial charge in [-0.25, -0.2) is 17.9 Å². The molecule has 8 heteroatoms. The fourth-order valence-corrected chi connectivity index (χ4v) is 3.79. The van der Waals surface area contributed by atoms with Crippen molar-refractivity contribution in [1.82, 2.24) is 4.72 Å². The highest BCUT2D eigenvalue weighted by Gasteiger charge is 2.08. The number of nitrogens with one attached hydrogen (secondary N) is 2. The third-order valence-electron chi connectivity index (χ3n) is 4.68. The zero-order valence-electron chi connectivity index (χ0n) is 19.0. The van der Waals surface area contributed by atoms with Crippen LogP contribution in [-0.4, -0.2) is 33.9 Å². The average Bonchev–Trinajstić information content (AvgIpc) is 2.87. The maximum atomic E-state index is 12.3. The Hall–Kier alpha value is -4.19. The standard InChI is InChI=1S/C27H24N2O5S/c1-34-27(31)24-11-5-9-22(19-24)13-14-23-10-6-12-25(20-23)29-26(30)15-17-28-35(32,33)18-16-21-7-3-2-4-8-21/h2-12,16,18-20,28H,15,17H2,1H3,(H,29,30)/b18-16+. The van der Waals surface area contributed by atoms with Crippen LogP contribution in [0.25, 0.3) is 6.08 Å². The third-order valence-corrected chi connectivity index (χ3v) is 5.78. The lowest BCUT2D eigenvalue weighted by molar-refractivity contribution is -0.116. The molecule has 0 saturated heterocycles. The van der Waals surface area contributed by atoms with Crippen molar-refractivity contribution in [2.75, 3.05) is 19.0 Å². The quantitative estimate of drug-likeness (QED) is 0.371. The van der Waals surface area contributed by atoms with Gasteiger partial charge in [0.1, 0.15) is 0 Å². The predicted molar refractivity (Wildman–Crippen MR) is 136 cm³/mol. The van der Waals surface area contributed by atoms with Crippen LogP contribution in [0.5, 0.6) is 0 Å². The monoisotopic (exact) mass is 488 g/mol. The molecule has 0 heterocycles. The van der Waals surface area contributed by atoms with Gasteiger partial charge in [0.05, 0.1) is 12.7 Å². The Labute approximate surface area is 204 Å². The van der Waals surface area contributed by atoms with E-state index in [-0.39, 0.29) is 18.9 Å². The van der Waals surface area contributed by atoms with Crippen LogP contribution >= 0.6 is 0 Å². The number of hydrogen-bond donors (Lipinski definition) is 2. The molecule has 0 bridgehead atoms. The Bertz CT molecular complexity index is 1390. The second-order valence-electron chi connectivity index (χ2n) is 7.35. The Balaban J connectivity index is 1.53. The van der Waals surface area contributed by atoms with Crippen molar-refractivity contribution in [3.8, 4) is 11.8 Å². The molecule has 0 saturated carbocycles. The van der Waals surface area contributed by atoms with E-state index in [0.29, 0.717) is 22.4 Å². The summed E-state index contributed by atoms with van der Waals surface area (Å²) in [5.41, 5.74) is 3.02. The highest BCUT2D eigenvalue weighted by atomic mass is 32.2. The van der Waals surface area contributed by atoms with Crippen molar-refractivity contribution in [3.05, 3.63) is 107 Å². The van der Waals surface area contributed by atoms with E-state index in [4.69, 9.17) is 4.74 Å². The number of rotatable bonds is 8. The van der Waals surface area contributed by atoms with E-state index in [0.717, 1.165) is 11.0 Å². The molecule has 3 rings (SSSR count). The summed E-state index contributed by atoms with van der Waals surface area (Å²) in [6.07, 6.45) is 1.45. The molecule has 2 N–H and O–H groups in total. The first-order chi connectivity index (χ1) is 16.8. The summed E-state index contributed by atoms with van der Waals surface area (Å²) in [6.45, 7) is -0.0384. The molecule has 0 aromatic heterocycles. The minimum absolute atomic E-state index is 0.0331. The van der Waals surface area contributed by atoms with E-state index >= 15 is 0 Å². The van der Waals surface area contributed by atoms with Gasteiger partial charge < -0.3 is 10.1 Å². The molecule has 0 spiro atoms. The molecule has 7 nitrogen and oxygen atoms in total. The first-order valence-corrected chi connectivity index (χ1v) is 12.2. The van der Waals surface area contributed by atoms with Crippen molar-refractivity contribution in [2.24, 2.45) is 0 Å². The van der Waals surface area contributed by atoms with E-state index in [1.165, 1.54) is 13.2 Å². The molecule has 0 unspecified atom stereocenters. The van der Waals surface area contributed by atoms with E-state index in [9.17, 15) is 18.0 Å². The molecule has 1 amide bonds. The Kier molecular flexibility index (Phi) is 8.95. The minimum Gasteiger partial charge on any atom is -0.465 e. The van der Waals surface area contributed by atoms with Crippen LogP contribution in [0, 0.1) is 11.8 Å². The largest absolute Gasteiger partial charge is 0.465 e. The van der Waals surface area contributed by atoms with Crippen LogP contribution in [-0.2, 0) is 19.6 Å². The predicted octanol–water partition coefficient (Wildman–Crippen LogP) is 3.79. The van der Waals surface area contributed by atoms with Gasteiger partial charge >= 0.3 is 5.97 Å². The first-order valence-electron chi connectivity index (χ1n) is 10.7. The highest BCUT2D eigenvalue weighted by Crippen LogP contribution is 2.11. The van der Waals surface area contributed by atoms with E-state index in [2.05, 4.69) is 21.9 Å². The number of ether oxygens (including phenoxy) is 1.